The number of pyridine rings is 1. The van der Waals surface area contributed by atoms with Crippen molar-refractivity contribution in [2.45, 2.75) is 32.7 Å². The van der Waals surface area contributed by atoms with E-state index in [4.69, 9.17) is 10.5 Å². The summed E-state index contributed by atoms with van der Waals surface area (Å²) in [5.41, 5.74) is 6.57. The fourth-order valence-corrected chi connectivity index (χ4v) is 1.85. The molecule has 0 unspecified atom stereocenters. The number of ether oxygens (including phenoxy) is 1. The lowest BCUT2D eigenvalue weighted by molar-refractivity contribution is -0.133. The number of aromatic nitrogens is 1. The zero-order chi connectivity index (χ0) is 14.6. The van der Waals surface area contributed by atoms with E-state index < -0.39 is 0 Å². The molecule has 5 heteroatoms. The van der Waals surface area contributed by atoms with Gasteiger partial charge in [-0.3, -0.25) is 9.78 Å². The van der Waals surface area contributed by atoms with Crippen LogP contribution in [0.15, 0.2) is 24.5 Å². The van der Waals surface area contributed by atoms with Gasteiger partial charge < -0.3 is 15.4 Å². The Hall–Kier alpha value is -1.46. The van der Waals surface area contributed by atoms with E-state index in [0.29, 0.717) is 39.3 Å². The Balaban J connectivity index is 2.47. The molecule has 0 atom stereocenters. The minimum atomic E-state index is 0.110. The molecule has 0 radical (unpaired) electrons. The molecule has 0 aliphatic heterocycles. The molecule has 1 aromatic rings. The Morgan fingerprint density at radius 2 is 2.30 bits per heavy atom. The number of hydrogen-bond acceptors (Lipinski definition) is 4. The van der Waals surface area contributed by atoms with Crippen molar-refractivity contribution in [3.05, 3.63) is 30.1 Å². The third-order valence-corrected chi connectivity index (χ3v) is 2.89. The van der Waals surface area contributed by atoms with E-state index in [0.717, 1.165) is 18.4 Å². The molecular weight excluding hydrogens is 254 g/mol. The van der Waals surface area contributed by atoms with Crippen molar-refractivity contribution in [1.82, 2.24) is 9.88 Å². The Labute approximate surface area is 121 Å². The van der Waals surface area contributed by atoms with Crippen LogP contribution in [0.3, 0.4) is 0 Å². The van der Waals surface area contributed by atoms with E-state index in [1.54, 1.807) is 12.4 Å². The second-order valence-electron chi connectivity index (χ2n) is 4.68. The summed E-state index contributed by atoms with van der Waals surface area (Å²) in [4.78, 5) is 18.1. The quantitative estimate of drug-likeness (QED) is 0.660. The van der Waals surface area contributed by atoms with Gasteiger partial charge in [-0.2, -0.15) is 0 Å². The SMILES string of the molecule is CCCOCCC(=O)N(CCCN)Cc1cccnc1. The summed E-state index contributed by atoms with van der Waals surface area (Å²) in [6.07, 6.45) is 5.72. The molecule has 0 aliphatic carbocycles. The zero-order valence-electron chi connectivity index (χ0n) is 12.3. The van der Waals surface area contributed by atoms with E-state index in [-0.39, 0.29) is 5.91 Å². The summed E-state index contributed by atoms with van der Waals surface area (Å²) >= 11 is 0. The molecular formula is C15H25N3O2. The number of amides is 1. The second kappa shape index (κ2) is 10.3. The van der Waals surface area contributed by atoms with Crippen LogP contribution in [0.25, 0.3) is 0 Å². The number of nitrogens with zero attached hydrogens (tertiary/aromatic N) is 2. The summed E-state index contributed by atoms with van der Waals surface area (Å²) in [6.45, 7) is 5.09. The molecule has 5 nitrogen and oxygen atoms in total. The fraction of sp³-hybridized carbons (Fsp3) is 0.600. The molecule has 0 aromatic carbocycles. The van der Waals surface area contributed by atoms with Gasteiger partial charge in [-0.15, -0.1) is 0 Å². The van der Waals surface area contributed by atoms with Crippen LogP contribution < -0.4 is 5.73 Å². The summed E-state index contributed by atoms with van der Waals surface area (Å²) in [5.74, 6) is 0.110. The van der Waals surface area contributed by atoms with Crippen molar-refractivity contribution in [2.24, 2.45) is 5.73 Å². The van der Waals surface area contributed by atoms with Gasteiger partial charge in [-0.25, -0.2) is 0 Å². The van der Waals surface area contributed by atoms with Crippen molar-refractivity contribution in [2.75, 3.05) is 26.3 Å². The molecule has 20 heavy (non-hydrogen) atoms. The van der Waals surface area contributed by atoms with E-state index >= 15 is 0 Å². The predicted octanol–water partition coefficient (Wildman–Crippen LogP) is 1.58. The minimum Gasteiger partial charge on any atom is -0.381 e. The Bertz CT molecular complexity index is 371. The highest BCUT2D eigenvalue weighted by Crippen LogP contribution is 2.06. The Morgan fingerprint density at radius 3 is 2.95 bits per heavy atom. The van der Waals surface area contributed by atoms with Gasteiger partial charge in [-0.1, -0.05) is 13.0 Å². The van der Waals surface area contributed by atoms with Crippen LogP contribution in [-0.4, -0.2) is 42.1 Å². The first-order chi connectivity index (χ1) is 9.77. The fourth-order valence-electron chi connectivity index (χ4n) is 1.85. The topological polar surface area (TPSA) is 68.5 Å². The van der Waals surface area contributed by atoms with Gasteiger partial charge in [0.2, 0.25) is 5.91 Å². The van der Waals surface area contributed by atoms with E-state index in [1.807, 2.05) is 17.0 Å². The summed E-state index contributed by atoms with van der Waals surface area (Å²) in [7, 11) is 0. The second-order valence-corrected chi connectivity index (χ2v) is 4.68. The molecule has 112 valence electrons. The van der Waals surface area contributed by atoms with Crippen molar-refractivity contribution in [3.8, 4) is 0 Å². The highest BCUT2D eigenvalue weighted by Gasteiger charge is 2.13. The van der Waals surface area contributed by atoms with Crippen LogP contribution in [0.4, 0.5) is 0 Å². The predicted molar refractivity (Wildman–Crippen MR) is 79.1 cm³/mol. The van der Waals surface area contributed by atoms with Crippen LogP contribution in [0.5, 0.6) is 0 Å². The molecule has 1 heterocycles. The average molecular weight is 279 g/mol. The van der Waals surface area contributed by atoms with Crippen molar-refractivity contribution in [1.29, 1.82) is 0 Å². The van der Waals surface area contributed by atoms with Crippen molar-refractivity contribution in [3.63, 3.8) is 0 Å². The molecule has 1 rings (SSSR count). The lowest BCUT2D eigenvalue weighted by atomic mass is 10.2. The molecule has 1 amide bonds. The van der Waals surface area contributed by atoms with Gasteiger partial charge in [0.05, 0.1) is 13.0 Å². The first-order valence-electron chi connectivity index (χ1n) is 7.22. The van der Waals surface area contributed by atoms with Crippen molar-refractivity contribution >= 4 is 5.91 Å². The molecule has 0 bridgehead atoms. The molecule has 0 aliphatic rings. The van der Waals surface area contributed by atoms with Crippen molar-refractivity contribution < 1.29 is 9.53 Å². The highest BCUT2D eigenvalue weighted by atomic mass is 16.5. The van der Waals surface area contributed by atoms with E-state index in [2.05, 4.69) is 11.9 Å². The smallest absolute Gasteiger partial charge is 0.225 e. The standard InChI is InChI=1S/C15H25N3O2/c1-2-10-20-11-6-15(19)18(9-4-7-16)13-14-5-3-8-17-12-14/h3,5,8,12H,2,4,6-7,9-11,13,16H2,1H3. The molecule has 0 saturated carbocycles. The monoisotopic (exact) mass is 279 g/mol. The lowest BCUT2D eigenvalue weighted by Gasteiger charge is -2.22. The molecule has 0 spiro atoms. The maximum Gasteiger partial charge on any atom is 0.225 e. The number of hydrogen-bond donors (Lipinski definition) is 1. The summed E-state index contributed by atoms with van der Waals surface area (Å²) in [6, 6.07) is 3.86. The zero-order valence-corrected chi connectivity index (χ0v) is 12.3. The van der Waals surface area contributed by atoms with Crippen LogP contribution in [-0.2, 0) is 16.1 Å². The maximum absolute atomic E-state index is 12.2. The summed E-state index contributed by atoms with van der Waals surface area (Å²) in [5, 5.41) is 0. The van der Waals surface area contributed by atoms with Gasteiger partial charge in [0.25, 0.3) is 0 Å². The molecule has 2 N–H and O–H groups in total. The third-order valence-electron chi connectivity index (χ3n) is 2.89. The Kier molecular flexibility index (Phi) is 8.58. The van der Waals surface area contributed by atoms with Gasteiger partial charge in [0, 0.05) is 32.1 Å². The van der Waals surface area contributed by atoms with Crippen LogP contribution in [0.2, 0.25) is 0 Å². The van der Waals surface area contributed by atoms with Crippen LogP contribution in [0.1, 0.15) is 31.7 Å². The lowest BCUT2D eigenvalue weighted by Crippen LogP contribution is -2.33. The van der Waals surface area contributed by atoms with Crippen LogP contribution >= 0.6 is 0 Å². The summed E-state index contributed by atoms with van der Waals surface area (Å²) < 4.78 is 5.37. The normalized spacial score (nSPS) is 10.5. The van der Waals surface area contributed by atoms with E-state index in [1.165, 1.54) is 0 Å². The number of rotatable bonds is 10. The van der Waals surface area contributed by atoms with Gasteiger partial charge in [0.1, 0.15) is 0 Å². The van der Waals surface area contributed by atoms with Gasteiger partial charge >= 0.3 is 0 Å². The number of carbonyl (C=O) groups excluding carboxylic acids is 1. The minimum absolute atomic E-state index is 0.110. The average Bonchev–Trinajstić information content (AvgIpc) is 2.48. The highest BCUT2D eigenvalue weighted by molar-refractivity contribution is 5.76. The number of nitrogens with two attached hydrogens (primary N) is 1. The Morgan fingerprint density at radius 1 is 1.45 bits per heavy atom. The number of carbonyl (C=O) groups is 1. The first kappa shape index (κ1) is 16.6. The first-order valence-corrected chi connectivity index (χ1v) is 7.22. The third kappa shape index (κ3) is 6.63. The van der Waals surface area contributed by atoms with E-state index in [9.17, 15) is 4.79 Å². The van der Waals surface area contributed by atoms with Crippen LogP contribution in [0, 0.1) is 0 Å². The largest absolute Gasteiger partial charge is 0.381 e. The van der Waals surface area contributed by atoms with Gasteiger partial charge in [0.15, 0.2) is 0 Å². The molecule has 0 saturated heterocycles. The van der Waals surface area contributed by atoms with Gasteiger partial charge in [-0.05, 0) is 31.0 Å². The molecule has 0 fully saturated rings. The molecule has 1 aromatic heterocycles. The maximum atomic E-state index is 12.2.